The average Bonchev–Trinajstić information content (AvgIpc) is 2.42. The van der Waals surface area contributed by atoms with E-state index in [1.165, 1.54) is 0 Å². The van der Waals surface area contributed by atoms with E-state index < -0.39 is 0 Å². The quantitative estimate of drug-likeness (QED) is 0.711. The van der Waals surface area contributed by atoms with Crippen molar-refractivity contribution in [3.63, 3.8) is 0 Å². The molecule has 2 rings (SSSR count). The van der Waals surface area contributed by atoms with Crippen molar-refractivity contribution in [2.45, 2.75) is 20.4 Å². The van der Waals surface area contributed by atoms with Crippen LogP contribution in [0.25, 0.3) is 0 Å². The van der Waals surface area contributed by atoms with Crippen LogP contribution in [0.3, 0.4) is 0 Å². The van der Waals surface area contributed by atoms with Gasteiger partial charge < -0.3 is 10.1 Å². The Labute approximate surface area is 142 Å². The largest absolute Gasteiger partial charge is 0.438 e. The van der Waals surface area contributed by atoms with Crippen LogP contribution in [-0.2, 0) is 6.54 Å². The summed E-state index contributed by atoms with van der Waals surface area (Å²) in [7, 11) is 0. The lowest BCUT2D eigenvalue weighted by molar-refractivity contribution is 0.458. The van der Waals surface area contributed by atoms with E-state index in [0.717, 1.165) is 33.3 Å². The minimum atomic E-state index is 0.599. The standard InChI is InChI=1S/C16H18Br2N2O/c1-11(2)9-19-10-12-5-6-20-16(7-12)21-15-4-3-13(17)8-14(15)18/h3-8,11,19H,9-10H2,1-2H3. The lowest BCUT2D eigenvalue weighted by Crippen LogP contribution is -2.18. The number of aromatic nitrogens is 1. The van der Waals surface area contributed by atoms with E-state index in [0.29, 0.717) is 11.8 Å². The Kier molecular flexibility index (Phi) is 6.21. The van der Waals surface area contributed by atoms with E-state index in [9.17, 15) is 0 Å². The zero-order valence-corrected chi connectivity index (χ0v) is 15.2. The molecule has 0 aliphatic heterocycles. The van der Waals surface area contributed by atoms with Crippen molar-refractivity contribution in [2.24, 2.45) is 5.92 Å². The zero-order chi connectivity index (χ0) is 15.2. The Morgan fingerprint density at radius 2 is 2.00 bits per heavy atom. The van der Waals surface area contributed by atoms with Crippen LogP contribution >= 0.6 is 31.9 Å². The molecule has 3 nitrogen and oxygen atoms in total. The van der Waals surface area contributed by atoms with Gasteiger partial charge in [-0.25, -0.2) is 4.98 Å². The third-order valence-corrected chi connectivity index (χ3v) is 3.90. The summed E-state index contributed by atoms with van der Waals surface area (Å²) >= 11 is 6.91. The van der Waals surface area contributed by atoms with Gasteiger partial charge in [-0.15, -0.1) is 0 Å². The van der Waals surface area contributed by atoms with Gasteiger partial charge in [-0.1, -0.05) is 29.8 Å². The molecule has 0 aliphatic carbocycles. The van der Waals surface area contributed by atoms with Crippen LogP contribution in [0.1, 0.15) is 19.4 Å². The van der Waals surface area contributed by atoms with Crippen molar-refractivity contribution < 1.29 is 4.74 Å². The van der Waals surface area contributed by atoms with Crippen molar-refractivity contribution in [3.05, 3.63) is 51.0 Å². The summed E-state index contributed by atoms with van der Waals surface area (Å²) in [4.78, 5) is 4.26. The minimum absolute atomic E-state index is 0.599. The fraction of sp³-hybridized carbons (Fsp3) is 0.312. The lowest BCUT2D eigenvalue weighted by atomic mass is 10.2. The van der Waals surface area contributed by atoms with Gasteiger partial charge in [0.05, 0.1) is 4.47 Å². The molecule has 0 amide bonds. The minimum Gasteiger partial charge on any atom is -0.438 e. The molecule has 1 aromatic carbocycles. The SMILES string of the molecule is CC(C)CNCc1ccnc(Oc2ccc(Br)cc2Br)c1. The van der Waals surface area contributed by atoms with Crippen LogP contribution in [-0.4, -0.2) is 11.5 Å². The van der Waals surface area contributed by atoms with E-state index in [4.69, 9.17) is 4.74 Å². The number of hydrogen-bond donors (Lipinski definition) is 1. The summed E-state index contributed by atoms with van der Waals surface area (Å²) in [6, 6.07) is 9.75. The Hall–Kier alpha value is -0.910. The first kappa shape index (κ1) is 16.5. The summed E-state index contributed by atoms with van der Waals surface area (Å²) in [5.74, 6) is 1.99. The van der Waals surface area contributed by atoms with Crippen molar-refractivity contribution in [3.8, 4) is 11.6 Å². The zero-order valence-electron chi connectivity index (χ0n) is 12.1. The second kappa shape index (κ2) is 7.92. The molecule has 0 unspecified atom stereocenters. The number of hydrogen-bond acceptors (Lipinski definition) is 3. The third-order valence-electron chi connectivity index (χ3n) is 2.79. The van der Waals surface area contributed by atoms with Gasteiger partial charge in [0, 0.05) is 23.3 Å². The summed E-state index contributed by atoms with van der Waals surface area (Å²) < 4.78 is 7.72. The van der Waals surface area contributed by atoms with Gasteiger partial charge in [0.25, 0.3) is 0 Å². The first-order valence-electron chi connectivity index (χ1n) is 6.83. The Morgan fingerprint density at radius 1 is 1.19 bits per heavy atom. The van der Waals surface area contributed by atoms with E-state index in [1.807, 2.05) is 30.3 Å². The molecule has 0 fully saturated rings. The number of ether oxygens (including phenoxy) is 1. The molecule has 0 saturated heterocycles. The van der Waals surface area contributed by atoms with Crippen LogP contribution in [0.5, 0.6) is 11.6 Å². The van der Waals surface area contributed by atoms with Crippen molar-refractivity contribution in [1.82, 2.24) is 10.3 Å². The molecule has 0 bridgehead atoms. The third kappa shape index (κ3) is 5.41. The molecule has 21 heavy (non-hydrogen) atoms. The first-order valence-corrected chi connectivity index (χ1v) is 8.42. The topological polar surface area (TPSA) is 34.2 Å². The fourth-order valence-corrected chi connectivity index (χ4v) is 2.92. The van der Waals surface area contributed by atoms with Crippen LogP contribution in [0, 0.1) is 5.92 Å². The number of rotatable bonds is 6. The van der Waals surface area contributed by atoms with Gasteiger partial charge in [0.2, 0.25) is 5.88 Å². The predicted molar refractivity (Wildman–Crippen MR) is 92.7 cm³/mol. The van der Waals surface area contributed by atoms with Crippen LogP contribution < -0.4 is 10.1 Å². The number of halogens is 2. The number of pyridine rings is 1. The Morgan fingerprint density at radius 3 is 2.71 bits per heavy atom. The highest BCUT2D eigenvalue weighted by molar-refractivity contribution is 9.11. The average molecular weight is 414 g/mol. The van der Waals surface area contributed by atoms with E-state index in [-0.39, 0.29) is 0 Å². The first-order chi connectivity index (χ1) is 10.0. The van der Waals surface area contributed by atoms with E-state index in [2.05, 4.69) is 56.0 Å². The second-order valence-corrected chi connectivity index (χ2v) is 6.97. The fourth-order valence-electron chi connectivity index (χ4n) is 1.79. The summed E-state index contributed by atoms with van der Waals surface area (Å²) in [5.41, 5.74) is 1.16. The van der Waals surface area contributed by atoms with Crippen LogP contribution in [0.2, 0.25) is 0 Å². The maximum Gasteiger partial charge on any atom is 0.219 e. The molecule has 2 aromatic rings. The normalized spacial score (nSPS) is 10.9. The molecule has 1 heterocycles. The summed E-state index contributed by atoms with van der Waals surface area (Å²) in [6.07, 6.45) is 1.77. The second-order valence-electron chi connectivity index (χ2n) is 5.20. The number of nitrogens with zero attached hydrogens (tertiary/aromatic N) is 1. The molecular formula is C16H18Br2N2O. The molecule has 0 aliphatic rings. The van der Waals surface area contributed by atoms with Crippen LogP contribution in [0.15, 0.2) is 45.5 Å². The van der Waals surface area contributed by atoms with E-state index >= 15 is 0 Å². The molecule has 1 N–H and O–H groups in total. The molecule has 0 spiro atoms. The molecule has 0 atom stereocenters. The van der Waals surface area contributed by atoms with Crippen molar-refractivity contribution in [1.29, 1.82) is 0 Å². The summed E-state index contributed by atoms with van der Waals surface area (Å²) in [5, 5.41) is 3.41. The molecule has 1 aromatic heterocycles. The molecule has 5 heteroatoms. The highest BCUT2D eigenvalue weighted by Gasteiger charge is 2.05. The monoisotopic (exact) mass is 412 g/mol. The smallest absolute Gasteiger partial charge is 0.219 e. The molecular weight excluding hydrogens is 396 g/mol. The molecule has 0 saturated carbocycles. The summed E-state index contributed by atoms with van der Waals surface area (Å²) in [6.45, 7) is 6.20. The van der Waals surface area contributed by atoms with Crippen LogP contribution in [0.4, 0.5) is 0 Å². The van der Waals surface area contributed by atoms with Gasteiger partial charge in [-0.05, 0) is 58.2 Å². The maximum absolute atomic E-state index is 5.83. The van der Waals surface area contributed by atoms with Gasteiger partial charge in [-0.3, -0.25) is 0 Å². The Balaban J connectivity index is 2.03. The Bertz CT molecular complexity index is 603. The predicted octanol–water partition coefficient (Wildman–Crippen LogP) is 5.14. The molecule has 0 radical (unpaired) electrons. The maximum atomic E-state index is 5.83. The highest BCUT2D eigenvalue weighted by atomic mass is 79.9. The number of nitrogens with one attached hydrogen (secondary N) is 1. The van der Waals surface area contributed by atoms with Crippen molar-refractivity contribution >= 4 is 31.9 Å². The number of benzene rings is 1. The highest BCUT2D eigenvalue weighted by Crippen LogP contribution is 2.31. The van der Waals surface area contributed by atoms with Gasteiger partial charge in [0.1, 0.15) is 5.75 Å². The molecule has 112 valence electrons. The van der Waals surface area contributed by atoms with Crippen molar-refractivity contribution in [2.75, 3.05) is 6.54 Å². The lowest BCUT2D eigenvalue weighted by Gasteiger charge is -2.10. The van der Waals surface area contributed by atoms with Gasteiger partial charge in [-0.2, -0.15) is 0 Å². The van der Waals surface area contributed by atoms with Gasteiger partial charge >= 0.3 is 0 Å². The van der Waals surface area contributed by atoms with E-state index in [1.54, 1.807) is 6.20 Å². The van der Waals surface area contributed by atoms with Gasteiger partial charge in [0.15, 0.2) is 0 Å².